The van der Waals surface area contributed by atoms with E-state index in [-0.39, 0.29) is 11.3 Å². The number of amides is 1. The highest BCUT2D eigenvalue weighted by Crippen LogP contribution is 2.23. The molecule has 0 aliphatic heterocycles. The van der Waals surface area contributed by atoms with Gasteiger partial charge in [0.05, 0.1) is 7.11 Å². The van der Waals surface area contributed by atoms with Crippen LogP contribution in [0, 0.1) is 5.82 Å². The third-order valence-corrected chi connectivity index (χ3v) is 2.11. The van der Waals surface area contributed by atoms with E-state index in [4.69, 9.17) is 5.73 Å². The van der Waals surface area contributed by atoms with Crippen molar-refractivity contribution < 1.29 is 24.1 Å². The molecule has 2 unspecified atom stereocenters. The van der Waals surface area contributed by atoms with Crippen LogP contribution >= 0.6 is 0 Å². The zero-order chi connectivity index (χ0) is 12.3. The van der Waals surface area contributed by atoms with Crippen molar-refractivity contribution in [2.45, 2.75) is 12.2 Å². The Labute approximate surface area is 91.3 Å². The lowest BCUT2D eigenvalue weighted by molar-refractivity contribution is -0.131. The predicted molar refractivity (Wildman–Crippen MR) is 53.1 cm³/mol. The van der Waals surface area contributed by atoms with Crippen LogP contribution < -0.4 is 10.5 Å². The summed E-state index contributed by atoms with van der Waals surface area (Å²) in [6, 6.07) is 3.58. The van der Waals surface area contributed by atoms with Crippen LogP contribution in [0.25, 0.3) is 0 Å². The van der Waals surface area contributed by atoms with E-state index < -0.39 is 23.9 Å². The number of primary amides is 1. The lowest BCUT2D eigenvalue weighted by Gasteiger charge is -2.15. The second kappa shape index (κ2) is 4.91. The lowest BCUT2D eigenvalue weighted by Crippen LogP contribution is -2.33. The van der Waals surface area contributed by atoms with Gasteiger partial charge in [-0.05, 0) is 17.7 Å². The van der Waals surface area contributed by atoms with Gasteiger partial charge in [0.2, 0.25) is 5.91 Å². The first-order valence-electron chi connectivity index (χ1n) is 4.46. The number of benzene rings is 1. The molecule has 0 aromatic heterocycles. The molecule has 0 fully saturated rings. The molecule has 1 rings (SSSR count). The Morgan fingerprint density at radius 1 is 1.50 bits per heavy atom. The average molecular weight is 229 g/mol. The molecule has 5 nitrogen and oxygen atoms in total. The van der Waals surface area contributed by atoms with Gasteiger partial charge in [-0.1, -0.05) is 6.07 Å². The number of methoxy groups -OCH3 is 1. The van der Waals surface area contributed by atoms with Gasteiger partial charge in [-0.15, -0.1) is 0 Å². The van der Waals surface area contributed by atoms with E-state index in [1.165, 1.54) is 19.2 Å². The lowest BCUT2D eigenvalue weighted by atomic mass is 10.0. The van der Waals surface area contributed by atoms with Gasteiger partial charge in [0.1, 0.15) is 6.10 Å². The van der Waals surface area contributed by atoms with Crippen molar-refractivity contribution in [1.82, 2.24) is 0 Å². The molecule has 0 aliphatic rings. The van der Waals surface area contributed by atoms with Crippen LogP contribution in [0.15, 0.2) is 18.2 Å². The summed E-state index contributed by atoms with van der Waals surface area (Å²) < 4.78 is 17.9. The van der Waals surface area contributed by atoms with Crippen LogP contribution in [-0.4, -0.2) is 29.3 Å². The molecule has 1 aromatic rings. The van der Waals surface area contributed by atoms with E-state index in [2.05, 4.69) is 4.74 Å². The largest absolute Gasteiger partial charge is 0.494 e. The molecule has 6 heteroatoms. The second-order valence-electron chi connectivity index (χ2n) is 3.19. The maximum atomic E-state index is 13.2. The van der Waals surface area contributed by atoms with Crippen molar-refractivity contribution in [2.24, 2.45) is 5.73 Å². The predicted octanol–water partition coefficient (Wildman–Crippen LogP) is -0.286. The zero-order valence-corrected chi connectivity index (χ0v) is 8.55. The molecule has 88 valence electrons. The van der Waals surface area contributed by atoms with Crippen molar-refractivity contribution in [3.8, 4) is 5.75 Å². The van der Waals surface area contributed by atoms with Crippen LogP contribution in [0.2, 0.25) is 0 Å². The summed E-state index contributed by atoms with van der Waals surface area (Å²) in [4.78, 5) is 10.6. The van der Waals surface area contributed by atoms with Crippen molar-refractivity contribution in [3.05, 3.63) is 29.6 Å². The quantitative estimate of drug-likeness (QED) is 0.661. The summed E-state index contributed by atoms with van der Waals surface area (Å²) in [5, 5.41) is 18.7. The fourth-order valence-corrected chi connectivity index (χ4v) is 1.20. The van der Waals surface area contributed by atoms with E-state index in [1.54, 1.807) is 0 Å². The zero-order valence-electron chi connectivity index (χ0n) is 8.55. The minimum atomic E-state index is -1.77. The molecule has 0 spiro atoms. The summed E-state index contributed by atoms with van der Waals surface area (Å²) in [7, 11) is 1.30. The molecule has 0 aliphatic carbocycles. The standard InChI is InChI=1S/C10H12FNO4/c1-16-7-3-2-5(4-6(7)11)8(13)9(14)10(12)15/h2-4,8-9,13-14H,1H3,(H2,12,15). The molecule has 1 aromatic carbocycles. The molecule has 0 saturated heterocycles. The molecule has 0 bridgehead atoms. The van der Waals surface area contributed by atoms with Crippen molar-refractivity contribution in [2.75, 3.05) is 7.11 Å². The SMILES string of the molecule is COc1ccc(C(O)C(O)C(N)=O)cc1F. The van der Waals surface area contributed by atoms with E-state index in [0.717, 1.165) is 6.07 Å². The first-order chi connectivity index (χ1) is 7.47. The minimum absolute atomic E-state index is 0.00418. The number of ether oxygens (including phenoxy) is 1. The highest BCUT2D eigenvalue weighted by atomic mass is 19.1. The van der Waals surface area contributed by atoms with Gasteiger partial charge in [0, 0.05) is 0 Å². The Hall–Kier alpha value is -1.66. The number of aliphatic hydroxyl groups excluding tert-OH is 2. The summed E-state index contributed by atoms with van der Waals surface area (Å²) in [5.74, 6) is -1.77. The van der Waals surface area contributed by atoms with E-state index in [9.17, 15) is 19.4 Å². The molecule has 0 saturated carbocycles. The van der Waals surface area contributed by atoms with Gasteiger partial charge in [0.25, 0.3) is 0 Å². The Morgan fingerprint density at radius 3 is 2.56 bits per heavy atom. The Bertz CT molecular complexity index is 396. The number of halogens is 1. The highest BCUT2D eigenvalue weighted by molar-refractivity contribution is 5.79. The monoisotopic (exact) mass is 229 g/mol. The number of rotatable bonds is 4. The molecule has 4 N–H and O–H groups in total. The van der Waals surface area contributed by atoms with Crippen LogP contribution in [0.5, 0.6) is 5.75 Å². The fraction of sp³-hybridized carbons (Fsp3) is 0.300. The van der Waals surface area contributed by atoms with Crippen LogP contribution in [-0.2, 0) is 4.79 Å². The first kappa shape index (κ1) is 12.4. The maximum absolute atomic E-state index is 13.2. The van der Waals surface area contributed by atoms with E-state index in [1.807, 2.05) is 0 Å². The van der Waals surface area contributed by atoms with Crippen LogP contribution in [0.4, 0.5) is 4.39 Å². The topological polar surface area (TPSA) is 92.8 Å². The summed E-state index contributed by atoms with van der Waals surface area (Å²) >= 11 is 0. The number of nitrogens with two attached hydrogens (primary N) is 1. The van der Waals surface area contributed by atoms with Crippen LogP contribution in [0.1, 0.15) is 11.7 Å². The van der Waals surface area contributed by atoms with Gasteiger partial charge in [-0.3, -0.25) is 4.79 Å². The summed E-state index contributed by atoms with van der Waals surface area (Å²) in [5.41, 5.74) is 4.85. The molecule has 2 atom stereocenters. The van der Waals surface area contributed by atoms with Gasteiger partial charge in [-0.25, -0.2) is 4.39 Å². The third kappa shape index (κ3) is 2.47. The van der Waals surface area contributed by atoms with Gasteiger partial charge in [0.15, 0.2) is 17.7 Å². The van der Waals surface area contributed by atoms with E-state index >= 15 is 0 Å². The number of hydrogen-bond donors (Lipinski definition) is 3. The van der Waals surface area contributed by atoms with Crippen molar-refractivity contribution >= 4 is 5.91 Å². The number of carbonyl (C=O) groups is 1. The summed E-state index contributed by atoms with van der Waals surface area (Å²) in [6.45, 7) is 0. The molecule has 0 heterocycles. The summed E-state index contributed by atoms with van der Waals surface area (Å²) in [6.07, 6.45) is -3.33. The molecular formula is C10H12FNO4. The molecule has 1 amide bonds. The van der Waals surface area contributed by atoms with Crippen molar-refractivity contribution in [3.63, 3.8) is 0 Å². The highest BCUT2D eigenvalue weighted by Gasteiger charge is 2.24. The van der Waals surface area contributed by atoms with E-state index in [0.29, 0.717) is 0 Å². The van der Waals surface area contributed by atoms with Crippen LogP contribution in [0.3, 0.4) is 0 Å². The Morgan fingerprint density at radius 2 is 2.12 bits per heavy atom. The van der Waals surface area contributed by atoms with Gasteiger partial charge in [-0.2, -0.15) is 0 Å². The van der Waals surface area contributed by atoms with Crippen molar-refractivity contribution in [1.29, 1.82) is 0 Å². The number of carbonyl (C=O) groups excluding carboxylic acids is 1. The fourth-order valence-electron chi connectivity index (χ4n) is 1.20. The smallest absolute Gasteiger partial charge is 0.249 e. The molecular weight excluding hydrogens is 217 g/mol. The third-order valence-electron chi connectivity index (χ3n) is 2.11. The van der Waals surface area contributed by atoms with Gasteiger partial charge < -0.3 is 20.7 Å². The number of hydrogen-bond acceptors (Lipinski definition) is 4. The normalized spacial score (nSPS) is 14.2. The Balaban J connectivity index is 2.97. The molecule has 16 heavy (non-hydrogen) atoms. The second-order valence-corrected chi connectivity index (χ2v) is 3.19. The molecule has 0 radical (unpaired) electrons. The first-order valence-corrected chi connectivity index (χ1v) is 4.46. The maximum Gasteiger partial charge on any atom is 0.249 e. The average Bonchev–Trinajstić information content (AvgIpc) is 2.26. The number of aliphatic hydroxyl groups is 2. The minimum Gasteiger partial charge on any atom is -0.494 e. The van der Waals surface area contributed by atoms with Gasteiger partial charge >= 0.3 is 0 Å². The Kier molecular flexibility index (Phi) is 3.81.